The van der Waals surface area contributed by atoms with Crippen LogP contribution in [0.25, 0.3) is 0 Å². The maximum atomic E-state index is 13.4. The average molecular weight is 439 g/mol. The fourth-order valence-electron chi connectivity index (χ4n) is 3.29. The first-order valence-corrected chi connectivity index (χ1v) is 10.9. The largest absolute Gasteiger partial charge is 0.493 e. The molecule has 0 radical (unpaired) electrons. The van der Waals surface area contributed by atoms with Gasteiger partial charge in [0.1, 0.15) is 6.04 Å². The highest BCUT2D eigenvalue weighted by Gasteiger charge is 2.37. The summed E-state index contributed by atoms with van der Waals surface area (Å²) in [5, 5.41) is 3.20. The number of sulfonamides is 1. The maximum Gasteiger partial charge on any atom is 0.244 e. The number of ether oxygens (including phenoxy) is 2. The second-order valence-corrected chi connectivity index (χ2v) is 8.97. The summed E-state index contributed by atoms with van der Waals surface area (Å²) in [6, 6.07) is 10.3. The topological polar surface area (TPSA) is 84.9 Å². The van der Waals surface area contributed by atoms with E-state index in [9.17, 15) is 13.2 Å². The van der Waals surface area contributed by atoms with Gasteiger partial charge >= 0.3 is 0 Å². The minimum atomic E-state index is -3.94. The summed E-state index contributed by atoms with van der Waals surface area (Å²) in [7, 11) is -0.901. The molecule has 1 N–H and O–H groups in total. The highest BCUT2D eigenvalue weighted by molar-refractivity contribution is 7.89. The Labute approximate surface area is 175 Å². The number of piperidine rings is 1. The summed E-state index contributed by atoms with van der Waals surface area (Å²) in [4.78, 5) is 12.6. The molecule has 9 heteroatoms. The van der Waals surface area contributed by atoms with Gasteiger partial charge in [0.15, 0.2) is 11.5 Å². The Morgan fingerprint density at radius 3 is 2.41 bits per heavy atom. The molecule has 0 aromatic heterocycles. The van der Waals surface area contributed by atoms with Crippen LogP contribution in [0.3, 0.4) is 0 Å². The zero-order valence-electron chi connectivity index (χ0n) is 16.2. The SMILES string of the molecule is COc1ccc(CN(C2CCCNC2=O)S(=O)(=O)c2ccc(Cl)cc2)cc1OC. The van der Waals surface area contributed by atoms with Crippen molar-refractivity contribution in [2.75, 3.05) is 20.8 Å². The molecule has 1 saturated heterocycles. The molecule has 0 aliphatic carbocycles. The van der Waals surface area contributed by atoms with Crippen molar-refractivity contribution >= 4 is 27.5 Å². The predicted octanol–water partition coefficient (Wildman–Crippen LogP) is 2.83. The second kappa shape index (κ2) is 9.02. The summed E-state index contributed by atoms with van der Waals surface area (Å²) in [6.45, 7) is 0.559. The molecule has 3 rings (SSSR count). The number of nitrogens with one attached hydrogen (secondary N) is 1. The molecule has 1 atom stereocenters. The van der Waals surface area contributed by atoms with Crippen molar-refractivity contribution < 1.29 is 22.7 Å². The molecule has 0 spiro atoms. The fourth-order valence-corrected chi connectivity index (χ4v) is 5.03. The van der Waals surface area contributed by atoms with Crippen molar-refractivity contribution in [2.24, 2.45) is 0 Å². The molecule has 1 aliphatic rings. The summed E-state index contributed by atoms with van der Waals surface area (Å²) < 4.78 is 38.6. The van der Waals surface area contributed by atoms with E-state index in [1.54, 1.807) is 18.2 Å². The first-order valence-electron chi connectivity index (χ1n) is 9.13. The van der Waals surface area contributed by atoms with Gasteiger partial charge in [-0.1, -0.05) is 17.7 Å². The fraction of sp³-hybridized carbons (Fsp3) is 0.350. The van der Waals surface area contributed by atoms with Crippen LogP contribution in [0.1, 0.15) is 18.4 Å². The van der Waals surface area contributed by atoms with Gasteiger partial charge in [0.05, 0.1) is 19.1 Å². The van der Waals surface area contributed by atoms with E-state index < -0.39 is 16.1 Å². The van der Waals surface area contributed by atoms with E-state index >= 15 is 0 Å². The number of carbonyl (C=O) groups is 1. The summed E-state index contributed by atoms with van der Waals surface area (Å²) in [5.74, 6) is 0.731. The molecule has 1 aliphatic heterocycles. The molecule has 156 valence electrons. The Balaban J connectivity index is 2.01. The second-order valence-electron chi connectivity index (χ2n) is 6.64. The number of hydrogen-bond donors (Lipinski definition) is 1. The summed E-state index contributed by atoms with van der Waals surface area (Å²) in [5.41, 5.74) is 0.679. The normalized spacial score (nSPS) is 17.1. The first-order chi connectivity index (χ1) is 13.9. The van der Waals surface area contributed by atoms with Crippen molar-refractivity contribution in [3.63, 3.8) is 0 Å². The minimum absolute atomic E-state index is 0.0173. The smallest absolute Gasteiger partial charge is 0.244 e. The van der Waals surface area contributed by atoms with Crippen molar-refractivity contribution in [3.8, 4) is 11.5 Å². The lowest BCUT2D eigenvalue weighted by atomic mass is 10.1. The monoisotopic (exact) mass is 438 g/mol. The third kappa shape index (κ3) is 4.66. The number of benzene rings is 2. The van der Waals surface area contributed by atoms with Crippen LogP contribution in [0.2, 0.25) is 5.02 Å². The molecule has 1 heterocycles. The maximum absolute atomic E-state index is 13.4. The average Bonchev–Trinajstić information content (AvgIpc) is 2.72. The molecular formula is C20H23ClN2O5S. The molecule has 2 aromatic rings. The Morgan fingerprint density at radius 1 is 1.10 bits per heavy atom. The van der Waals surface area contributed by atoms with Crippen molar-refractivity contribution in [2.45, 2.75) is 30.3 Å². The van der Waals surface area contributed by atoms with Gasteiger partial charge in [0.25, 0.3) is 0 Å². The van der Waals surface area contributed by atoms with Gasteiger partial charge in [-0.05, 0) is 54.8 Å². The summed E-state index contributed by atoms with van der Waals surface area (Å²) >= 11 is 5.91. The minimum Gasteiger partial charge on any atom is -0.493 e. The Kier molecular flexibility index (Phi) is 6.66. The van der Waals surface area contributed by atoms with Crippen molar-refractivity contribution in [1.82, 2.24) is 9.62 Å². The van der Waals surface area contributed by atoms with Crippen molar-refractivity contribution in [1.29, 1.82) is 0 Å². The molecule has 7 nitrogen and oxygen atoms in total. The van der Waals surface area contributed by atoms with Crippen LogP contribution in [-0.4, -0.2) is 45.4 Å². The van der Waals surface area contributed by atoms with E-state index in [4.69, 9.17) is 21.1 Å². The van der Waals surface area contributed by atoms with Crippen LogP contribution in [0.5, 0.6) is 11.5 Å². The zero-order valence-corrected chi connectivity index (χ0v) is 17.8. The third-order valence-corrected chi connectivity index (χ3v) is 6.93. The predicted molar refractivity (Wildman–Crippen MR) is 110 cm³/mol. The van der Waals surface area contributed by atoms with E-state index in [-0.39, 0.29) is 17.3 Å². The third-order valence-electron chi connectivity index (χ3n) is 4.81. The number of halogens is 1. The molecule has 29 heavy (non-hydrogen) atoms. The van der Waals surface area contributed by atoms with Crippen LogP contribution in [-0.2, 0) is 21.4 Å². The van der Waals surface area contributed by atoms with Crippen molar-refractivity contribution in [3.05, 3.63) is 53.1 Å². The van der Waals surface area contributed by atoms with E-state index in [0.717, 1.165) is 0 Å². The lowest BCUT2D eigenvalue weighted by Gasteiger charge is -2.32. The summed E-state index contributed by atoms with van der Waals surface area (Å²) in [6.07, 6.45) is 1.15. The molecule has 1 unspecified atom stereocenters. The lowest BCUT2D eigenvalue weighted by Crippen LogP contribution is -2.52. The number of rotatable bonds is 7. The number of amides is 1. The van der Waals surface area contributed by atoms with Gasteiger partial charge in [-0.25, -0.2) is 8.42 Å². The number of methoxy groups -OCH3 is 2. The number of hydrogen-bond acceptors (Lipinski definition) is 5. The molecule has 2 aromatic carbocycles. The molecule has 0 bridgehead atoms. The van der Waals surface area contributed by atoms with Gasteiger partial charge in [-0.3, -0.25) is 4.79 Å². The van der Waals surface area contributed by atoms with Gasteiger partial charge in [-0.2, -0.15) is 4.31 Å². The van der Waals surface area contributed by atoms with Gasteiger partial charge in [0.2, 0.25) is 15.9 Å². The molecule has 0 saturated carbocycles. The molecule has 1 fully saturated rings. The molecular weight excluding hydrogens is 416 g/mol. The van der Waals surface area contributed by atoms with Gasteiger partial charge < -0.3 is 14.8 Å². The van der Waals surface area contributed by atoms with Gasteiger partial charge in [0, 0.05) is 18.1 Å². The Morgan fingerprint density at radius 2 is 1.79 bits per heavy atom. The van der Waals surface area contributed by atoms with E-state index in [1.165, 1.54) is 42.8 Å². The zero-order chi connectivity index (χ0) is 21.0. The van der Waals surface area contributed by atoms with E-state index in [1.807, 2.05) is 0 Å². The quantitative estimate of drug-likeness (QED) is 0.718. The highest BCUT2D eigenvalue weighted by atomic mass is 35.5. The Bertz CT molecular complexity index is 979. The van der Waals surface area contributed by atoms with E-state index in [0.29, 0.717) is 41.5 Å². The Hall–Kier alpha value is -2.29. The van der Waals surface area contributed by atoms with Crippen LogP contribution >= 0.6 is 11.6 Å². The standard InChI is InChI=1S/C20H23ClN2O5S/c1-27-18-10-5-14(12-19(18)28-2)13-23(17-4-3-11-22-20(17)24)29(25,26)16-8-6-15(21)7-9-16/h5-10,12,17H,3-4,11,13H2,1-2H3,(H,22,24). The van der Waals surface area contributed by atoms with Crippen LogP contribution < -0.4 is 14.8 Å². The number of nitrogens with zero attached hydrogens (tertiary/aromatic N) is 1. The van der Waals surface area contributed by atoms with Crippen LogP contribution in [0, 0.1) is 0 Å². The molecule has 1 amide bonds. The number of carbonyl (C=O) groups excluding carboxylic acids is 1. The lowest BCUT2D eigenvalue weighted by molar-refractivity contribution is -0.126. The highest BCUT2D eigenvalue weighted by Crippen LogP contribution is 2.30. The van der Waals surface area contributed by atoms with E-state index in [2.05, 4.69) is 5.32 Å². The first kappa shape index (κ1) is 21.4. The van der Waals surface area contributed by atoms with Crippen LogP contribution in [0.15, 0.2) is 47.4 Å². The van der Waals surface area contributed by atoms with Gasteiger partial charge in [-0.15, -0.1) is 0 Å². The van der Waals surface area contributed by atoms with Crippen LogP contribution in [0.4, 0.5) is 0 Å².